The van der Waals surface area contributed by atoms with Gasteiger partial charge in [0, 0.05) is 31.7 Å². The first-order chi connectivity index (χ1) is 10.6. The molecule has 6 nitrogen and oxygen atoms in total. The molecule has 0 amide bonds. The fourth-order valence-electron chi connectivity index (χ4n) is 5.65. The van der Waals surface area contributed by atoms with E-state index in [-0.39, 0.29) is 5.54 Å². The first kappa shape index (κ1) is 14.3. The second-order valence-corrected chi connectivity index (χ2v) is 7.91. The Morgan fingerprint density at radius 3 is 2.05 bits per heavy atom. The van der Waals surface area contributed by atoms with Crippen LogP contribution in [0.1, 0.15) is 38.5 Å². The summed E-state index contributed by atoms with van der Waals surface area (Å²) in [7, 11) is 0. The van der Waals surface area contributed by atoms with Crippen molar-refractivity contribution < 1.29 is 0 Å². The Morgan fingerprint density at radius 2 is 1.50 bits per heavy atom. The molecule has 0 aromatic rings. The molecular formula is C16H28N6. The molecule has 1 saturated heterocycles. The minimum atomic E-state index is 0.141. The van der Waals surface area contributed by atoms with Crippen LogP contribution in [0.2, 0.25) is 0 Å². The second kappa shape index (κ2) is 5.41. The molecule has 4 aliphatic carbocycles. The Bertz CT molecular complexity index is 432. The van der Waals surface area contributed by atoms with Crippen molar-refractivity contribution in [3.63, 3.8) is 0 Å². The Hall–Kier alpha value is -1.30. The van der Waals surface area contributed by atoms with Crippen molar-refractivity contribution >= 4 is 11.9 Å². The molecule has 5 aliphatic rings. The summed E-state index contributed by atoms with van der Waals surface area (Å²) in [6, 6.07) is 0. The van der Waals surface area contributed by atoms with Gasteiger partial charge in [0.2, 0.25) is 0 Å². The van der Waals surface area contributed by atoms with Gasteiger partial charge in [0.1, 0.15) is 0 Å². The van der Waals surface area contributed by atoms with Gasteiger partial charge in [0.25, 0.3) is 0 Å². The molecule has 4 bridgehead atoms. The number of guanidine groups is 2. The van der Waals surface area contributed by atoms with Crippen LogP contribution in [0, 0.1) is 28.6 Å². The fraction of sp³-hybridized carbons (Fsp3) is 0.875. The predicted octanol–water partition coefficient (Wildman–Crippen LogP) is 0.909. The zero-order chi connectivity index (χ0) is 15.2. The Labute approximate surface area is 132 Å². The van der Waals surface area contributed by atoms with Crippen LogP contribution in [0.5, 0.6) is 0 Å². The minimum absolute atomic E-state index is 0.141. The van der Waals surface area contributed by atoms with Crippen molar-refractivity contribution in [2.75, 3.05) is 26.2 Å². The van der Waals surface area contributed by atoms with Crippen LogP contribution < -0.4 is 16.0 Å². The van der Waals surface area contributed by atoms with Gasteiger partial charge >= 0.3 is 0 Å². The van der Waals surface area contributed by atoms with E-state index in [1.807, 2.05) is 4.90 Å². The maximum absolute atomic E-state index is 8.27. The molecule has 0 radical (unpaired) electrons. The summed E-state index contributed by atoms with van der Waals surface area (Å²) in [5.74, 6) is 3.31. The van der Waals surface area contributed by atoms with E-state index in [1.165, 1.54) is 38.5 Å². The standard InChI is InChI=1S/C16H28N6/c17-14(20-15(18)22-3-1-19-2-4-22)21-16-8-11-5-12(9-16)7-13(6-11)10-16/h11-13,19H,1-10H2,(H4,17,18,20,21). The number of hydrogen-bond acceptors (Lipinski definition) is 3. The summed E-state index contributed by atoms with van der Waals surface area (Å²) in [5, 5.41) is 26.2. The average molecular weight is 304 g/mol. The van der Waals surface area contributed by atoms with Crippen molar-refractivity contribution in [1.29, 1.82) is 10.8 Å². The van der Waals surface area contributed by atoms with Crippen LogP contribution >= 0.6 is 0 Å². The molecule has 5 N–H and O–H groups in total. The quantitative estimate of drug-likeness (QED) is 0.368. The molecule has 5 fully saturated rings. The monoisotopic (exact) mass is 304 g/mol. The van der Waals surface area contributed by atoms with E-state index in [9.17, 15) is 0 Å². The van der Waals surface area contributed by atoms with Gasteiger partial charge in [-0.25, -0.2) is 0 Å². The molecule has 0 spiro atoms. The predicted molar refractivity (Wildman–Crippen MR) is 87.1 cm³/mol. The van der Waals surface area contributed by atoms with Crippen LogP contribution in [0.4, 0.5) is 0 Å². The Balaban J connectivity index is 1.35. The normalized spacial score (nSPS) is 39.6. The summed E-state index contributed by atoms with van der Waals surface area (Å²) in [4.78, 5) is 2.01. The van der Waals surface area contributed by atoms with Gasteiger partial charge in [-0.05, 0) is 56.3 Å². The van der Waals surface area contributed by atoms with Crippen molar-refractivity contribution in [1.82, 2.24) is 20.9 Å². The highest BCUT2D eigenvalue weighted by atomic mass is 15.3. The van der Waals surface area contributed by atoms with E-state index in [1.54, 1.807) is 0 Å². The maximum atomic E-state index is 8.27. The highest BCUT2D eigenvalue weighted by Gasteiger charge is 2.51. The lowest BCUT2D eigenvalue weighted by Gasteiger charge is -2.57. The van der Waals surface area contributed by atoms with E-state index < -0.39 is 0 Å². The largest absolute Gasteiger partial charge is 0.351 e. The molecule has 0 atom stereocenters. The van der Waals surface area contributed by atoms with Crippen LogP contribution in [0.15, 0.2) is 0 Å². The molecular weight excluding hydrogens is 276 g/mol. The van der Waals surface area contributed by atoms with E-state index >= 15 is 0 Å². The van der Waals surface area contributed by atoms with Crippen molar-refractivity contribution in [3.8, 4) is 0 Å². The summed E-state index contributed by atoms with van der Waals surface area (Å²) in [6.45, 7) is 3.52. The Kier molecular flexibility index (Phi) is 3.51. The third-order valence-electron chi connectivity index (χ3n) is 6.11. The van der Waals surface area contributed by atoms with E-state index in [0.29, 0.717) is 11.9 Å². The van der Waals surface area contributed by atoms with Gasteiger partial charge in [0.15, 0.2) is 11.9 Å². The third kappa shape index (κ3) is 2.69. The maximum Gasteiger partial charge on any atom is 0.197 e. The first-order valence-electron chi connectivity index (χ1n) is 8.80. The van der Waals surface area contributed by atoms with Crippen LogP contribution in [-0.2, 0) is 0 Å². The number of rotatable bonds is 1. The molecule has 4 saturated carbocycles. The van der Waals surface area contributed by atoms with Crippen LogP contribution in [-0.4, -0.2) is 48.5 Å². The zero-order valence-corrected chi connectivity index (χ0v) is 13.3. The van der Waals surface area contributed by atoms with E-state index in [2.05, 4.69) is 16.0 Å². The zero-order valence-electron chi connectivity index (χ0n) is 13.3. The van der Waals surface area contributed by atoms with Gasteiger partial charge in [-0.2, -0.15) is 0 Å². The second-order valence-electron chi connectivity index (χ2n) is 7.91. The lowest BCUT2D eigenvalue weighted by atomic mass is 9.53. The topological polar surface area (TPSA) is 87.0 Å². The van der Waals surface area contributed by atoms with Crippen molar-refractivity contribution in [2.24, 2.45) is 17.8 Å². The number of hydrogen-bond donors (Lipinski definition) is 5. The molecule has 0 unspecified atom stereocenters. The number of nitrogens with one attached hydrogen (secondary N) is 5. The van der Waals surface area contributed by atoms with E-state index in [4.69, 9.17) is 10.8 Å². The summed E-state index contributed by atoms with van der Waals surface area (Å²) in [5.41, 5.74) is 0.141. The number of nitrogens with zero attached hydrogens (tertiary/aromatic N) is 1. The van der Waals surface area contributed by atoms with Gasteiger partial charge in [0.05, 0.1) is 0 Å². The van der Waals surface area contributed by atoms with Crippen LogP contribution in [0.3, 0.4) is 0 Å². The average Bonchev–Trinajstić information content (AvgIpc) is 2.45. The van der Waals surface area contributed by atoms with Gasteiger partial charge in [-0.1, -0.05) is 0 Å². The molecule has 6 heteroatoms. The molecule has 1 heterocycles. The van der Waals surface area contributed by atoms with Crippen LogP contribution in [0.25, 0.3) is 0 Å². The highest BCUT2D eigenvalue weighted by molar-refractivity contribution is 5.96. The molecule has 0 aromatic carbocycles. The summed E-state index contributed by atoms with van der Waals surface area (Å²) in [6.07, 6.45) is 7.92. The third-order valence-corrected chi connectivity index (χ3v) is 6.11. The van der Waals surface area contributed by atoms with E-state index in [0.717, 1.165) is 43.9 Å². The van der Waals surface area contributed by atoms with Gasteiger partial charge in [-0.3, -0.25) is 16.1 Å². The highest BCUT2D eigenvalue weighted by Crippen LogP contribution is 2.55. The summed E-state index contributed by atoms with van der Waals surface area (Å²) < 4.78 is 0. The molecule has 1 aliphatic heterocycles. The summed E-state index contributed by atoms with van der Waals surface area (Å²) >= 11 is 0. The molecule has 22 heavy (non-hydrogen) atoms. The minimum Gasteiger partial charge on any atom is -0.351 e. The van der Waals surface area contributed by atoms with Gasteiger partial charge in [-0.15, -0.1) is 0 Å². The molecule has 122 valence electrons. The van der Waals surface area contributed by atoms with Gasteiger partial charge < -0.3 is 15.5 Å². The van der Waals surface area contributed by atoms with Crippen molar-refractivity contribution in [3.05, 3.63) is 0 Å². The van der Waals surface area contributed by atoms with Crippen molar-refractivity contribution in [2.45, 2.75) is 44.1 Å². The Morgan fingerprint density at radius 1 is 0.955 bits per heavy atom. The lowest BCUT2D eigenvalue weighted by Crippen LogP contribution is -2.63. The first-order valence-corrected chi connectivity index (χ1v) is 8.80. The lowest BCUT2D eigenvalue weighted by molar-refractivity contribution is -0.0105. The SMILES string of the molecule is N=C(NC(=N)N1CCNCC1)NC12CC3CC(CC(C3)C1)C2. The number of piperazine rings is 1. The molecule has 0 aromatic heterocycles. The molecule has 5 rings (SSSR count). The smallest absolute Gasteiger partial charge is 0.197 e. The fourth-order valence-corrected chi connectivity index (χ4v) is 5.65.